The van der Waals surface area contributed by atoms with E-state index in [0.29, 0.717) is 0 Å². The van der Waals surface area contributed by atoms with Crippen LogP contribution in [0.5, 0.6) is 0 Å². The van der Waals surface area contributed by atoms with Crippen molar-refractivity contribution in [1.82, 2.24) is 19.6 Å². The first-order valence-corrected chi connectivity index (χ1v) is 11.6. The van der Waals surface area contributed by atoms with Crippen molar-refractivity contribution in [3.63, 3.8) is 0 Å². The van der Waals surface area contributed by atoms with Gasteiger partial charge in [0.05, 0.1) is 0 Å². The standard InChI is InChI=1S/4C7H11NO2.Mo/c4*1-3-5-8(6-4-2)7(9)10;/h4*3-4H,1-2,5-6H2,(H,9,10);/q;;;;+4/p-4. The molecule has 0 heterocycles. The molecule has 0 unspecified atom stereocenters. The second kappa shape index (κ2) is 33.7. The number of carboxylic acid groups (broad SMARTS) is 4. The maximum absolute atomic E-state index is 10.2. The first kappa shape index (κ1) is 46.5. The van der Waals surface area contributed by atoms with Crippen LogP contribution in [0.15, 0.2) is 101 Å². The summed E-state index contributed by atoms with van der Waals surface area (Å²) in [6.45, 7) is 29.5. The normalized spacial score (nSPS) is 8.20. The Morgan fingerprint density at radius 1 is 0.366 bits per heavy atom. The number of carbonyl (C=O) groups is 4. The molecule has 13 heteroatoms. The van der Waals surface area contributed by atoms with E-state index in [4.69, 9.17) is 0 Å². The predicted molar refractivity (Wildman–Crippen MR) is 149 cm³/mol. The van der Waals surface area contributed by atoms with Gasteiger partial charge in [0, 0.05) is 52.4 Å². The van der Waals surface area contributed by atoms with Crippen LogP contribution in [0.3, 0.4) is 0 Å². The van der Waals surface area contributed by atoms with Crippen molar-refractivity contribution in [3.8, 4) is 0 Å². The fraction of sp³-hybridized carbons (Fsp3) is 0.286. The molecule has 0 aromatic heterocycles. The number of amides is 4. The number of carbonyl (C=O) groups excluding carboxylic acids is 4. The summed E-state index contributed by atoms with van der Waals surface area (Å²) in [5, 5.41) is 40.8. The Kier molecular flexibility index (Phi) is 38.3. The van der Waals surface area contributed by atoms with Gasteiger partial charge in [-0.25, -0.2) is 0 Å². The Balaban J connectivity index is -0.000000139. The quantitative estimate of drug-likeness (QED) is 0.165. The summed E-state index contributed by atoms with van der Waals surface area (Å²) in [6, 6.07) is 0. The van der Waals surface area contributed by atoms with E-state index in [2.05, 4.69) is 52.6 Å². The van der Waals surface area contributed by atoms with Crippen LogP contribution in [0.2, 0.25) is 0 Å². The van der Waals surface area contributed by atoms with Crippen LogP contribution >= 0.6 is 0 Å². The van der Waals surface area contributed by atoms with Gasteiger partial charge in [-0.2, -0.15) is 0 Å². The largest absolute Gasteiger partial charge is 4.00 e. The second-order valence-corrected chi connectivity index (χ2v) is 6.99. The van der Waals surface area contributed by atoms with Crippen molar-refractivity contribution >= 4 is 24.4 Å². The Morgan fingerprint density at radius 3 is 0.512 bits per heavy atom. The first-order chi connectivity index (χ1) is 18.9. The minimum absolute atomic E-state index is 0. The second-order valence-electron chi connectivity index (χ2n) is 6.99. The molecule has 0 bridgehead atoms. The Hall–Kier alpha value is -4.31. The zero-order valence-electron chi connectivity index (χ0n) is 23.4. The van der Waals surface area contributed by atoms with E-state index >= 15 is 0 Å². The van der Waals surface area contributed by atoms with E-state index in [-0.39, 0.29) is 73.4 Å². The van der Waals surface area contributed by atoms with E-state index < -0.39 is 24.4 Å². The fourth-order valence-electron chi connectivity index (χ4n) is 2.14. The predicted octanol–water partition coefficient (Wildman–Crippen LogP) is 0.0123. The number of hydrogen-bond donors (Lipinski definition) is 0. The molecule has 4 amide bonds. The van der Waals surface area contributed by atoms with Crippen LogP contribution in [0.1, 0.15) is 0 Å². The molecular formula is C28H40MoN4O8. The van der Waals surface area contributed by atoms with Gasteiger partial charge in [0.2, 0.25) is 0 Å². The average molecular weight is 657 g/mol. The van der Waals surface area contributed by atoms with Gasteiger partial charge in [0.15, 0.2) is 0 Å². The van der Waals surface area contributed by atoms with Gasteiger partial charge < -0.3 is 59.2 Å². The minimum atomic E-state index is -1.19. The van der Waals surface area contributed by atoms with Crippen molar-refractivity contribution in [2.75, 3.05) is 52.4 Å². The van der Waals surface area contributed by atoms with Crippen molar-refractivity contribution in [3.05, 3.63) is 101 Å². The monoisotopic (exact) mass is 658 g/mol. The molecule has 0 spiro atoms. The van der Waals surface area contributed by atoms with Crippen molar-refractivity contribution in [2.24, 2.45) is 0 Å². The Morgan fingerprint density at radius 2 is 0.463 bits per heavy atom. The molecule has 0 aliphatic carbocycles. The van der Waals surface area contributed by atoms with Gasteiger partial charge in [0.25, 0.3) is 0 Å². The summed E-state index contributed by atoms with van der Waals surface area (Å²) in [5.41, 5.74) is 0. The van der Waals surface area contributed by atoms with Crippen LogP contribution in [-0.2, 0) is 21.1 Å². The third-order valence-corrected chi connectivity index (χ3v) is 3.83. The number of rotatable bonds is 16. The third-order valence-electron chi connectivity index (χ3n) is 3.83. The summed E-state index contributed by atoms with van der Waals surface area (Å²) < 4.78 is 0. The molecule has 0 N–H and O–H groups in total. The maximum Gasteiger partial charge on any atom is 4.00 e. The van der Waals surface area contributed by atoms with Crippen LogP contribution in [0, 0.1) is 0 Å². The maximum atomic E-state index is 10.2. The molecule has 0 aliphatic rings. The van der Waals surface area contributed by atoms with E-state index in [1.165, 1.54) is 48.6 Å². The van der Waals surface area contributed by atoms with Gasteiger partial charge >= 0.3 is 21.1 Å². The van der Waals surface area contributed by atoms with E-state index in [9.17, 15) is 39.6 Å². The molecule has 226 valence electrons. The fourth-order valence-corrected chi connectivity index (χ4v) is 2.14. The summed E-state index contributed by atoms with van der Waals surface area (Å²) in [6.07, 6.45) is 7.22. The third kappa shape index (κ3) is 31.8. The summed E-state index contributed by atoms with van der Waals surface area (Å²) in [5.74, 6) is 0. The van der Waals surface area contributed by atoms with Crippen molar-refractivity contribution < 1.29 is 60.7 Å². The smallest absolute Gasteiger partial charge is 0.530 e. The van der Waals surface area contributed by atoms with E-state index in [0.717, 1.165) is 19.6 Å². The Bertz CT molecular complexity index is 673. The van der Waals surface area contributed by atoms with Crippen molar-refractivity contribution in [1.29, 1.82) is 0 Å². The summed E-state index contributed by atoms with van der Waals surface area (Å²) >= 11 is 0. The molecule has 0 saturated heterocycles. The zero-order chi connectivity index (χ0) is 31.9. The molecule has 0 aromatic rings. The summed E-state index contributed by atoms with van der Waals surface area (Å²) in [7, 11) is 0. The average Bonchev–Trinajstić information content (AvgIpc) is 2.89. The Labute approximate surface area is 257 Å². The van der Waals surface area contributed by atoms with Gasteiger partial charge in [-0.15, -0.1) is 52.6 Å². The topological polar surface area (TPSA) is 173 Å². The van der Waals surface area contributed by atoms with Gasteiger partial charge in [-0.3, -0.25) is 0 Å². The number of hydrogen-bond acceptors (Lipinski definition) is 8. The van der Waals surface area contributed by atoms with Gasteiger partial charge in [0.1, 0.15) is 24.4 Å². The molecule has 12 nitrogen and oxygen atoms in total. The van der Waals surface area contributed by atoms with Crippen LogP contribution < -0.4 is 20.4 Å². The molecule has 0 fully saturated rings. The van der Waals surface area contributed by atoms with Gasteiger partial charge in [-0.1, -0.05) is 48.6 Å². The zero-order valence-corrected chi connectivity index (χ0v) is 25.4. The molecule has 0 saturated carbocycles. The van der Waals surface area contributed by atoms with Crippen LogP contribution in [0.25, 0.3) is 0 Å². The van der Waals surface area contributed by atoms with Gasteiger partial charge in [-0.05, 0) is 0 Å². The summed E-state index contributed by atoms with van der Waals surface area (Å²) in [4.78, 5) is 45.2. The van der Waals surface area contributed by atoms with Crippen LogP contribution in [0.4, 0.5) is 19.2 Å². The number of nitrogens with zero attached hydrogens (tertiary/aromatic N) is 4. The molecular weight excluding hydrogens is 616 g/mol. The van der Waals surface area contributed by atoms with E-state index in [1.54, 1.807) is 0 Å². The molecule has 0 aromatic carbocycles. The molecule has 0 aliphatic heterocycles. The van der Waals surface area contributed by atoms with Crippen molar-refractivity contribution in [2.45, 2.75) is 0 Å². The molecule has 0 radical (unpaired) electrons. The molecule has 0 rings (SSSR count). The SMILES string of the molecule is C=CCN(CC=C)C(=O)[O-].C=CCN(CC=C)C(=O)[O-].C=CCN(CC=C)C(=O)[O-].C=CCN(CC=C)C(=O)[O-].[Mo+4]. The molecule has 0 atom stereocenters. The van der Waals surface area contributed by atoms with E-state index in [1.807, 2.05) is 0 Å². The minimum Gasteiger partial charge on any atom is -0.530 e. The first-order valence-electron chi connectivity index (χ1n) is 11.6. The van der Waals surface area contributed by atoms with Crippen LogP contribution in [-0.4, -0.2) is 96.3 Å². The molecule has 41 heavy (non-hydrogen) atoms.